The molecule has 0 amide bonds. The summed E-state index contributed by atoms with van der Waals surface area (Å²) in [4.78, 5) is 4.79. The summed E-state index contributed by atoms with van der Waals surface area (Å²) in [5, 5.41) is 4.08. The predicted molar refractivity (Wildman–Crippen MR) is 86.1 cm³/mol. The van der Waals surface area contributed by atoms with Gasteiger partial charge in [0.05, 0.1) is 11.2 Å². The molecular formula is C16H23ClN2O. The zero-order valence-electron chi connectivity index (χ0n) is 13.0. The first kappa shape index (κ1) is 15.2. The summed E-state index contributed by atoms with van der Waals surface area (Å²) in [6, 6.07) is 5.62. The van der Waals surface area contributed by atoms with Gasteiger partial charge >= 0.3 is 0 Å². The molecule has 1 aromatic carbocycles. The van der Waals surface area contributed by atoms with Crippen LogP contribution in [0.2, 0.25) is 5.02 Å². The van der Waals surface area contributed by atoms with Gasteiger partial charge in [-0.3, -0.25) is 4.99 Å². The molecule has 1 atom stereocenters. The number of aliphatic imine (C=N–C) groups is 1. The monoisotopic (exact) mass is 294 g/mol. The maximum Gasteiger partial charge on any atom is 0.160 e. The number of amidine groups is 1. The molecule has 1 N–H and O–H groups in total. The molecule has 0 saturated heterocycles. The maximum atomic E-state index is 6.16. The van der Waals surface area contributed by atoms with E-state index in [0.29, 0.717) is 5.02 Å². The molecule has 2 rings (SSSR count). The predicted octanol–water partition coefficient (Wildman–Crippen LogP) is 4.76. The molecule has 0 fully saturated rings. The van der Waals surface area contributed by atoms with Crippen molar-refractivity contribution in [2.24, 2.45) is 10.4 Å². The largest absolute Gasteiger partial charge is 0.480 e. The Bertz CT molecular complexity index is 538. The zero-order valence-corrected chi connectivity index (χ0v) is 13.8. The van der Waals surface area contributed by atoms with E-state index >= 15 is 0 Å². The van der Waals surface area contributed by atoms with Crippen LogP contribution in [0.25, 0.3) is 0 Å². The van der Waals surface area contributed by atoms with Gasteiger partial charge in [0.25, 0.3) is 0 Å². The van der Waals surface area contributed by atoms with Gasteiger partial charge in [-0.1, -0.05) is 32.4 Å². The Labute approximate surface area is 126 Å². The van der Waals surface area contributed by atoms with Crippen LogP contribution in [0, 0.1) is 5.41 Å². The second-order valence-corrected chi connectivity index (χ2v) is 7.73. The van der Waals surface area contributed by atoms with Crippen molar-refractivity contribution < 1.29 is 4.74 Å². The number of hydrogen-bond acceptors (Lipinski definition) is 2. The fraction of sp³-hybridized carbons (Fsp3) is 0.562. The van der Waals surface area contributed by atoms with Crippen molar-refractivity contribution in [3.63, 3.8) is 0 Å². The van der Waals surface area contributed by atoms with Crippen LogP contribution >= 0.6 is 11.6 Å². The first-order valence-corrected chi connectivity index (χ1v) is 7.27. The third-order valence-corrected chi connectivity index (χ3v) is 3.18. The number of nitrogens with zero attached hydrogens (tertiary/aromatic N) is 1. The Morgan fingerprint density at radius 2 is 1.80 bits per heavy atom. The molecule has 0 bridgehead atoms. The van der Waals surface area contributed by atoms with Crippen LogP contribution in [-0.4, -0.2) is 17.5 Å². The lowest BCUT2D eigenvalue weighted by Gasteiger charge is -2.37. The number of ether oxygens (including phenoxy) is 1. The summed E-state index contributed by atoms with van der Waals surface area (Å²) < 4.78 is 6.16. The molecule has 20 heavy (non-hydrogen) atoms. The summed E-state index contributed by atoms with van der Waals surface area (Å²) in [6.45, 7) is 12.7. The average Bonchev–Trinajstić information content (AvgIpc) is 2.25. The number of rotatable bonds is 0. The van der Waals surface area contributed by atoms with Gasteiger partial charge in [0.1, 0.15) is 11.6 Å². The Kier molecular flexibility index (Phi) is 3.76. The minimum Gasteiger partial charge on any atom is -0.480 e. The van der Waals surface area contributed by atoms with Crippen LogP contribution in [0.1, 0.15) is 41.5 Å². The summed E-state index contributed by atoms with van der Waals surface area (Å²) in [7, 11) is 0. The van der Waals surface area contributed by atoms with Crippen molar-refractivity contribution in [1.82, 2.24) is 0 Å². The minimum absolute atomic E-state index is 0.0584. The molecule has 0 aromatic heterocycles. The lowest BCUT2D eigenvalue weighted by atomic mass is 9.87. The topological polar surface area (TPSA) is 33.6 Å². The SMILES string of the molecule is CC(C)(C)N=C1Nc2ccc(Cl)cc2OC1C(C)(C)C. The second-order valence-electron chi connectivity index (χ2n) is 7.30. The Morgan fingerprint density at radius 3 is 2.35 bits per heavy atom. The van der Waals surface area contributed by atoms with Crippen molar-refractivity contribution in [2.45, 2.75) is 53.2 Å². The Balaban J connectivity index is 2.46. The zero-order chi connectivity index (χ0) is 15.1. The van der Waals surface area contributed by atoms with E-state index in [9.17, 15) is 0 Å². The van der Waals surface area contributed by atoms with Crippen molar-refractivity contribution >= 4 is 23.1 Å². The molecule has 0 saturated carbocycles. The maximum absolute atomic E-state index is 6.16. The van der Waals surface area contributed by atoms with Crippen LogP contribution in [0.4, 0.5) is 5.69 Å². The molecule has 110 valence electrons. The first-order valence-electron chi connectivity index (χ1n) is 6.89. The van der Waals surface area contributed by atoms with E-state index in [1.54, 1.807) is 0 Å². The molecule has 3 nitrogen and oxygen atoms in total. The van der Waals surface area contributed by atoms with E-state index in [1.165, 1.54) is 0 Å². The third-order valence-electron chi connectivity index (χ3n) is 2.94. The van der Waals surface area contributed by atoms with E-state index in [1.807, 2.05) is 18.2 Å². The lowest BCUT2D eigenvalue weighted by molar-refractivity contribution is 0.141. The molecule has 1 aromatic rings. The van der Waals surface area contributed by atoms with Crippen LogP contribution in [0.15, 0.2) is 23.2 Å². The molecule has 1 unspecified atom stereocenters. The van der Waals surface area contributed by atoms with E-state index < -0.39 is 0 Å². The number of anilines is 1. The summed E-state index contributed by atoms with van der Waals surface area (Å²) >= 11 is 6.04. The highest BCUT2D eigenvalue weighted by Gasteiger charge is 2.36. The molecule has 4 heteroatoms. The van der Waals surface area contributed by atoms with Gasteiger partial charge in [-0.05, 0) is 32.9 Å². The quantitative estimate of drug-likeness (QED) is 0.749. The van der Waals surface area contributed by atoms with E-state index in [4.69, 9.17) is 21.3 Å². The van der Waals surface area contributed by atoms with Crippen LogP contribution < -0.4 is 10.1 Å². The summed E-state index contributed by atoms with van der Waals surface area (Å²) in [5.74, 6) is 1.66. The molecule has 1 heterocycles. The van der Waals surface area contributed by atoms with Gasteiger partial charge in [-0.15, -0.1) is 0 Å². The van der Waals surface area contributed by atoms with Gasteiger partial charge < -0.3 is 10.1 Å². The Morgan fingerprint density at radius 1 is 1.15 bits per heavy atom. The van der Waals surface area contributed by atoms with E-state index in [0.717, 1.165) is 17.3 Å². The molecule has 1 aliphatic heterocycles. The molecular weight excluding hydrogens is 272 g/mol. The van der Waals surface area contributed by atoms with Crippen molar-refractivity contribution in [3.05, 3.63) is 23.2 Å². The first-order chi connectivity index (χ1) is 9.06. The molecule has 0 spiro atoms. The number of hydrogen-bond donors (Lipinski definition) is 1. The van der Waals surface area contributed by atoms with Crippen molar-refractivity contribution in [2.75, 3.05) is 5.32 Å². The number of halogens is 1. The normalized spacial score (nSPS) is 21.1. The van der Waals surface area contributed by atoms with Gasteiger partial charge in [0.2, 0.25) is 0 Å². The minimum atomic E-state index is -0.154. The smallest absolute Gasteiger partial charge is 0.160 e. The fourth-order valence-corrected chi connectivity index (χ4v) is 2.28. The third kappa shape index (κ3) is 3.45. The highest BCUT2D eigenvalue weighted by Crippen LogP contribution is 2.37. The van der Waals surface area contributed by atoms with Gasteiger partial charge in [-0.25, -0.2) is 0 Å². The summed E-state index contributed by atoms with van der Waals surface area (Å²) in [6.07, 6.45) is -0.118. The van der Waals surface area contributed by atoms with Gasteiger partial charge in [-0.2, -0.15) is 0 Å². The molecule has 1 aliphatic rings. The average molecular weight is 295 g/mol. The highest BCUT2D eigenvalue weighted by atomic mass is 35.5. The molecule has 0 radical (unpaired) electrons. The lowest BCUT2D eigenvalue weighted by Crippen LogP contribution is -2.46. The summed E-state index contributed by atoms with van der Waals surface area (Å²) in [5.41, 5.74) is 0.703. The second kappa shape index (κ2) is 4.96. The number of benzene rings is 1. The van der Waals surface area contributed by atoms with E-state index in [2.05, 4.69) is 46.9 Å². The highest BCUT2D eigenvalue weighted by molar-refractivity contribution is 6.30. The van der Waals surface area contributed by atoms with Crippen molar-refractivity contribution in [1.29, 1.82) is 0 Å². The van der Waals surface area contributed by atoms with Crippen LogP contribution in [0.5, 0.6) is 5.75 Å². The standard InChI is InChI=1S/C16H23ClN2O/c1-15(2,3)13-14(19-16(4,5)6)18-11-8-7-10(17)9-12(11)20-13/h7-9,13H,1-6H3,(H,18,19). The van der Waals surface area contributed by atoms with Crippen LogP contribution in [-0.2, 0) is 0 Å². The van der Waals surface area contributed by atoms with Crippen molar-refractivity contribution in [3.8, 4) is 5.75 Å². The Hall–Kier alpha value is -1.22. The van der Waals surface area contributed by atoms with E-state index in [-0.39, 0.29) is 17.1 Å². The van der Waals surface area contributed by atoms with Gasteiger partial charge in [0, 0.05) is 16.5 Å². The fourth-order valence-electron chi connectivity index (χ4n) is 2.12. The van der Waals surface area contributed by atoms with Gasteiger partial charge in [0.15, 0.2) is 6.10 Å². The van der Waals surface area contributed by atoms with Crippen LogP contribution in [0.3, 0.4) is 0 Å². The molecule has 0 aliphatic carbocycles. The number of fused-ring (bicyclic) bond motifs is 1. The number of nitrogens with one attached hydrogen (secondary N) is 1.